The number of fused-ring (bicyclic) bond motifs is 1. The van der Waals surface area contributed by atoms with Crippen LogP contribution in [0.5, 0.6) is 0 Å². The lowest BCUT2D eigenvalue weighted by molar-refractivity contribution is -0.162. The maximum atomic E-state index is 13.9. The molecule has 2 aromatic rings. The van der Waals surface area contributed by atoms with Crippen LogP contribution < -0.4 is 0 Å². The SMILES string of the molecule is CO[C@H]1CO[C@@H](C(=O)N2CCc3ccccc3[C@@H]2c2ccc(F)cc2)C[C@@H]1N1CC[C@@H](F)C1. The second kappa shape index (κ2) is 9.49. The molecule has 0 spiro atoms. The summed E-state index contributed by atoms with van der Waals surface area (Å²) in [5, 5.41) is 0. The zero-order valence-corrected chi connectivity index (χ0v) is 18.8. The molecule has 3 aliphatic rings. The summed E-state index contributed by atoms with van der Waals surface area (Å²) in [6.45, 7) is 1.91. The van der Waals surface area contributed by atoms with Crippen LogP contribution in [0.25, 0.3) is 0 Å². The quantitative estimate of drug-likeness (QED) is 0.706. The number of carbonyl (C=O) groups is 1. The topological polar surface area (TPSA) is 42.0 Å². The summed E-state index contributed by atoms with van der Waals surface area (Å²) in [6.07, 6.45) is 0.107. The molecule has 5 atom stereocenters. The van der Waals surface area contributed by atoms with Crippen molar-refractivity contribution in [3.8, 4) is 0 Å². The molecule has 3 heterocycles. The number of alkyl halides is 1. The van der Waals surface area contributed by atoms with Gasteiger partial charge in [-0.05, 0) is 41.7 Å². The Hall–Kier alpha value is -2.35. The number of nitrogens with zero attached hydrogens (tertiary/aromatic N) is 2. The van der Waals surface area contributed by atoms with E-state index in [1.54, 1.807) is 19.2 Å². The van der Waals surface area contributed by atoms with Gasteiger partial charge in [0.1, 0.15) is 18.1 Å². The number of halogens is 2. The molecule has 176 valence electrons. The first kappa shape index (κ1) is 22.4. The number of likely N-dealkylation sites (tertiary alicyclic amines) is 1. The van der Waals surface area contributed by atoms with Crippen molar-refractivity contribution in [2.45, 2.75) is 49.7 Å². The van der Waals surface area contributed by atoms with Gasteiger partial charge in [0, 0.05) is 39.2 Å². The molecule has 5 nitrogen and oxygen atoms in total. The molecule has 0 unspecified atom stereocenters. The van der Waals surface area contributed by atoms with E-state index in [0.717, 1.165) is 17.5 Å². The smallest absolute Gasteiger partial charge is 0.252 e. The van der Waals surface area contributed by atoms with Crippen molar-refractivity contribution in [2.75, 3.05) is 33.4 Å². The summed E-state index contributed by atoms with van der Waals surface area (Å²) in [5.74, 6) is -0.379. The van der Waals surface area contributed by atoms with Crippen LogP contribution in [0.15, 0.2) is 48.5 Å². The predicted octanol–water partition coefficient (Wildman–Crippen LogP) is 3.52. The van der Waals surface area contributed by atoms with Crippen molar-refractivity contribution in [1.29, 1.82) is 0 Å². The number of benzene rings is 2. The zero-order valence-electron chi connectivity index (χ0n) is 18.8. The summed E-state index contributed by atoms with van der Waals surface area (Å²) in [6, 6.07) is 14.1. The van der Waals surface area contributed by atoms with Crippen molar-refractivity contribution in [3.63, 3.8) is 0 Å². The van der Waals surface area contributed by atoms with Crippen LogP contribution in [0.3, 0.4) is 0 Å². The molecule has 0 saturated carbocycles. The highest BCUT2D eigenvalue weighted by molar-refractivity contribution is 5.82. The number of ether oxygens (including phenoxy) is 2. The summed E-state index contributed by atoms with van der Waals surface area (Å²) in [4.78, 5) is 17.8. The van der Waals surface area contributed by atoms with E-state index in [1.165, 1.54) is 17.7 Å². The average molecular weight is 457 g/mol. The minimum atomic E-state index is -0.832. The number of rotatable bonds is 4. The van der Waals surface area contributed by atoms with Gasteiger partial charge >= 0.3 is 0 Å². The standard InChI is InChI=1S/C26H30F2N2O3/c1-32-24-16-33-23(14-22(24)29-12-11-20(28)15-29)26(31)30-13-10-17-4-2-3-5-21(17)25(30)18-6-8-19(27)9-7-18/h2-9,20,22-25H,10-16H2,1H3/t20-,22+,23-,24+,25+/m1/s1. The first-order valence-electron chi connectivity index (χ1n) is 11.7. The van der Waals surface area contributed by atoms with Gasteiger partial charge in [0.2, 0.25) is 0 Å². The third kappa shape index (κ3) is 4.42. The third-order valence-electron chi connectivity index (χ3n) is 7.31. The highest BCUT2D eigenvalue weighted by Crippen LogP contribution is 2.37. The molecule has 1 amide bonds. The normalized spacial score (nSPS) is 30.3. The molecule has 3 aliphatic heterocycles. The van der Waals surface area contributed by atoms with Crippen LogP contribution in [0, 0.1) is 5.82 Å². The van der Waals surface area contributed by atoms with Gasteiger partial charge in [0.05, 0.1) is 18.8 Å². The summed E-state index contributed by atoms with van der Waals surface area (Å²) in [7, 11) is 1.64. The molecule has 2 aromatic carbocycles. The second-order valence-electron chi connectivity index (χ2n) is 9.21. The van der Waals surface area contributed by atoms with Gasteiger partial charge < -0.3 is 14.4 Å². The number of methoxy groups -OCH3 is 1. The molecule has 0 N–H and O–H groups in total. The summed E-state index contributed by atoms with van der Waals surface area (Å²) >= 11 is 0. The maximum absolute atomic E-state index is 13.9. The van der Waals surface area contributed by atoms with E-state index >= 15 is 0 Å². The molecule has 0 aromatic heterocycles. The van der Waals surface area contributed by atoms with Crippen molar-refractivity contribution >= 4 is 5.91 Å². The Morgan fingerprint density at radius 3 is 2.64 bits per heavy atom. The van der Waals surface area contributed by atoms with E-state index in [9.17, 15) is 13.6 Å². The van der Waals surface area contributed by atoms with Crippen molar-refractivity contribution in [3.05, 3.63) is 71.0 Å². The van der Waals surface area contributed by atoms with E-state index in [-0.39, 0.29) is 29.9 Å². The molecular weight excluding hydrogens is 426 g/mol. The van der Waals surface area contributed by atoms with Gasteiger partial charge in [-0.2, -0.15) is 0 Å². The van der Waals surface area contributed by atoms with Crippen LogP contribution in [0.4, 0.5) is 8.78 Å². The molecule has 0 radical (unpaired) electrons. The molecule has 2 saturated heterocycles. The Kier molecular flexibility index (Phi) is 6.45. The largest absolute Gasteiger partial charge is 0.377 e. The average Bonchev–Trinajstić information content (AvgIpc) is 3.29. The van der Waals surface area contributed by atoms with Crippen molar-refractivity contribution < 1.29 is 23.0 Å². The Morgan fingerprint density at radius 2 is 1.91 bits per heavy atom. The lowest BCUT2D eigenvalue weighted by Gasteiger charge is -2.43. The minimum absolute atomic E-state index is 0.0557. The Balaban J connectivity index is 1.42. The Morgan fingerprint density at radius 1 is 1.12 bits per heavy atom. The fourth-order valence-corrected chi connectivity index (χ4v) is 5.58. The van der Waals surface area contributed by atoms with Crippen LogP contribution in [-0.4, -0.2) is 73.5 Å². The number of amides is 1. The van der Waals surface area contributed by atoms with Crippen molar-refractivity contribution in [2.24, 2.45) is 0 Å². The third-order valence-corrected chi connectivity index (χ3v) is 7.31. The highest BCUT2D eigenvalue weighted by Gasteiger charge is 2.43. The van der Waals surface area contributed by atoms with Crippen LogP contribution in [0.2, 0.25) is 0 Å². The Labute approximate surface area is 193 Å². The molecule has 5 rings (SSSR count). The van der Waals surface area contributed by atoms with E-state index in [2.05, 4.69) is 11.0 Å². The van der Waals surface area contributed by atoms with Gasteiger partial charge in [-0.25, -0.2) is 8.78 Å². The minimum Gasteiger partial charge on any atom is -0.377 e. The fourth-order valence-electron chi connectivity index (χ4n) is 5.58. The van der Waals surface area contributed by atoms with Gasteiger partial charge in [0.15, 0.2) is 0 Å². The highest BCUT2D eigenvalue weighted by atomic mass is 19.1. The lowest BCUT2D eigenvalue weighted by atomic mass is 9.87. The Bertz CT molecular complexity index is 986. The fraction of sp³-hybridized carbons (Fsp3) is 0.500. The summed E-state index contributed by atoms with van der Waals surface area (Å²) < 4.78 is 39.2. The van der Waals surface area contributed by atoms with Gasteiger partial charge in [-0.3, -0.25) is 9.69 Å². The van der Waals surface area contributed by atoms with E-state index < -0.39 is 12.3 Å². The number of hydrogen-bond acceptors (Lipinski definition) is 4. The van der Waals surface area contributed by atoms with Crippen LogP contribution >= 0.6 is 0 Å². The molecule has 0 bridgehead atoms. The van der Waals surface area contributed by atoms with Crippen LogP contribution in [-0.2, 0) is 20.7 Å². The molecular formula is C26H30F2N2O3. The molecule has 7 heteroatoms. The van der Waals surface area contributed by atoms with Gasteiger partial charge in [-0.1, -0.05) is 36.4 Å². The van der Waals surface area contributed by atoms with E-state index in [4.69, 9.17) is 9.47 Å². The molecule has 33 heavy (non-hydrogen) atoms. The van der Waals surface area contributed by atoms with Crippen LogP contribution in [0.1, 0.15) is 35.6 Å². The number of carbonyl (C=O) groups excluding carboxylic acids is 1. The zero-order chi connectivity index (χ0) is 22.9. The first-order valence-corrected chi connectivity index (χ1v) is 11.7. The summed E-state index contributed by atoms with van der Waals surface area (Å²) in [5.41, 5.74) is 3.13. The van der Waals surface area contributed by atoms with E-state index in [1.807, 2.05) is 23.1 Å². The monoisotopic (exact) mass is 456 g/mol. The van der Waals surface area contributed by atoms with Gasteiger partial charge in [-0.15, -0.1) is 0 Å². The van der Waals surface area contributed by atoms with E-state index in [0.29, 0.717) is 39.1 Å². The predicted molar refractivity (Wildman–Crippen MR) is 120 cm³/mol. The second-order valence-corrected chi connectivity index (χ2v) is 9.21. The lowest BCUT2D eigenvalue weighted by Crippen LogP contribution is -2.56. The molecule has 0 aliphatic carbocycles. The maximum Gasteiger partial charge on any atom is 0.252 e. The molecule has 2 fully saturated rings. The first-order chi connectivity index (χ1) is 16.0. The van der Waals surface area contributed by atoms with Crippen molar-refractivity contribution in [1.82, 2.24) is 9.80 Å². The number of hydrogen-bond donors (Lipinski definition) is 0. The van der Waals surface area contributed by atoms with Gasteiger partial charge in [0.25, 0.3) is 5.91 Å².